The molecule has 0 radical (unpaired) electrons. The van der Waals surface area contributed by atoms with Crippen molar-refractivity contribution in [2.75, 3.05) is 20.6 Å². The van der Waals surface area contributed by atoms with Crippen LogP contribution in [0.25, 0.3) is 22.1 Å². The van der Waals surface area contributed by atoms with Crippen molar-refractivity contribution in [1.82, 2.24) is 24.0 Å². The summed E-state index contributed by atoms with van der Waals surface area (Å²) in [6.45, 7) is 2.64. The summed E-state index contributed by atoms with van der Waals surface area (Å²) in [5, 5.41) is 1.16. The molecule has 5 nitrogen and oxygen atoms in total. The number of fused-ring (bicyclic) bond motifs is 2. The predicted molar refractivity (Wildman–Crippen MR) is 97.1 cm³/mol. The number of hydrogen-bond acceptors (Lipinski definition) is 3. The highest BCUT2D eigenvalue weighted by Crippen LogP contribution is 2.19. The molecule has 24 heavy (non-hydrogen) atoms. The Bertz CT molecular complexity index is 980. The number of aromatic nitrogens is 4. The number of pyridine rings is 1. The molecule has 0 aliphatic heterocycles. The molecule has 0 atom stereocenters. The predicted octanol–water partition coefficient (Wildman–Crippen LogP) is 3.00. The molecule has 0 amide bonds. The van der Waals surface area contributed by atoms with Crippen molar-refractivity contribution in [3.8, 4) is 0 Å². The highest BCUT2D eigenvalue weighted by Gasteiger charge is 2.12. The van der Waals surface area contributed by atoms with E-state index in [4.69, 9.17) is 4.98 Å². The molecule has 4 rings (SSSR count). The maximum Gasteiger partial charge on any atom is 0.140 e. The van der Waals surface area contributed by atoms with Crippen molar-refractivity contribution >= 4 is 22.1 Å². The molecular weight excluding hydrogens is 298 g/mol. The van der Waals surface area contributed by atoms with Crippen molar-refractivity contribution in [1.29, 1.82) is 0 Å². The standard InChI is InChI=1S/C19H21N5/c1-22(2)12-13-24-17-8-4-3-7-16(17)21-18(24)14-23-11-9-15-6-5-10-20-19(15)23/h3-11H,12-14H2,1-2H3. The summed E-state index contributed by atoms with van der Waals surface area (Å²) in [5.74, 6) is 1.07. The van der Waals surface area contributed by atoms with Crippen LogP contribution in [0.15, 0.2) is 54.9 Å². The van der Waals surface area contributed by atoms with E-state index in [1.807, 2.05) is 18.3 Å². The zero-order chi connectivity index (χ0) is 16.5. The fourth-order valence-electron chi connectivity index (χ4n) is 3.10. The van der Waals surface area contributed by atoms with Crippen LogP contribution in [0.4, 0.5) is 0 Å². The minimum absolute atomic E-state index is 0.725. The average molecular weight is 319 g/mol. The summed E-state index contributed by atoms with van der Waals surface area (Å²) < 4.78 is 4.49. The Balaban J connectivity index is 1.76. The number of likely N-dealkylation sites (N-methyl/N-ethyl adjacent to an activating group) is 1. The van der Waals surface area contributed by atoms with Crippen molar-refractivity contribution < 1.29 is 0 Å². The van der Waals surface area contributed by atoms with Crippen molar-refractivity contribution in [3.63, 3.8) is 0 Å². The van der Waals surface area contributed by atoms with E-state index in [0.29, 0.717) is 0 Å². The van der Waals surface area contributed by atoms with Crippen molar-refractivity contribution in [2.24, 2.45) is 0 Å². The molecule has 4 aromatic rings. The van der Waals surface area contributed by atoms with Crippen LogP contribution in [0.2, 0.25) is 0 Å². The van der Waals surface area contributed by atoms with Gasteiger partial charge in [0.05, 0.1) is 17.6 Å². The van der Waals surface area contributed by atoms with Gasteiger partial charge in [-0.1, -0.05) is 12.1 Å². The van der Waals surface area contributed by atoms with Crippen LogP contribution < -0.4 is 0 Å². The number of benzene rings is 1. The van der Waals surface area contributed by atoms with E-state index in [0.717, 1.165) is 42.0 Å². The Morgan fingerprint density at radius 3 is 2.79 bits per heavy atom. The fraction of sp³-hybridized carbons (Fsp3) is 0.263. The number of para-hydroxylation sites is 2. The molecule has 3 heterocycles. The summed E-state index contributed by atoms with van der Waals surface area (Å²) in [4.78, 5) is 11.6. The lowest BCUT2D eigenvalue weighted by Gasteiger charge is -2.14. The molecule has 0 spiro atoms. The second kappa shape index (κ2) is 6.09. The zero-order valence-electron chi connectivity index (χ0n) is 14.1. The van der Waals surface area contributed by atoms with Gasteiger partial charge in [-0.05, 0) is 44.4 Å². The van der Waals surface area contributed by atoms with Crippen molar-refractivity contribution in [3.05, 3.63) is 60.7 Å². The van der Waals surface area contributed by atoms with E-state index < -0.39 is 0 Å². The maximum absolute atomic E-state index is 4.87. The van der Waals surface area contributed by atoms with Gasteiger partial charge in [-0.25, -0.2) is 9.97 Å². The Kier molecular flexibility index (Phi) is 3.78. The third-order valence-corrected chi connectivity index (χ3v) is 4.34. The Labute approximate surface area is 141 Å². The molecular formula is C19H21N5. The topological polar surface area (TPSA) is 38.9 Å². The molecule has 3 aromatic heterocycles. The van der Waals surface area contributed by atoms with E-state index in [2.05, 4.69) is 69.6 Å². The number of rotatable bonds is 5. The summed E-state index contributed by atoms with van der Waals surface area (Å²) in [6, 6.07) is 14.5. The van der Waals surface area contributed by atoms with Gasteiger partial charge in [0.1, 0.15) is 11.5 Å². The minimum atomic E-state index is 0.725. The van der Waals surface area contributed by atoms with Gasteiger partial charge in [0.2, 0.25) is 0 Å². The monoisotopic (exact) mass is 319 g/mol. The fourth-order valence-corrected chi connectivity index (χ4v) is 3.10. The van der Waals surface area contributed by atoms with Gasteiger partial charge in [0.25, 0.3) is 0 Å². The first-order valence-corrected chi connectivity index (χ1v) is 8.21. The van der Waals surface area contributed by atoms with Gasteiger partial charge in [-0.15, -0.1) is 0 Å². The molecule has 0 fully saturated rings. The van der Waals surface area contributed by atoms with E-state index in [1.54, 1.807) is 0 Å². The molecule has 0 bridgehead atoms. The third-order valence-electron chi connectivity index (χ3n) is 4.34. The maximum atomic E-state index is 4.87. The Morgan fingerprint density at radius 2 is 1.92 bits per heavy atom. The van der Waals surface area contributed by atoms with Gasteiger partial charge in [0.15, 0.2) is 0 Å². The van der Waals surface area contributed by atoms with Crippen LogP contribution >= 0.6 is 0 Å². The van der Waals surface area contributed by atoms with E-state index in [-0.39, 0.29) is 0 Å². The van der Waals surface area contributed by atoms with Crippen LogP contribution in [-0.2, 0) is 13.1 Å². The largest absolute Gasteiger partial charge is 0.325 e. The quantitative estimate of drug-likeness (QED) is 0.568. The summed E-state index contributed by atoms with van der Waals surface area (Å²) in [6.07, 6.45) is 3.93. The zero-order valence-corrected chi connectivity index (χ0v) is 14.1. The molecule has 0 unspecified atom stereocenters. The van der Waals surface area contributed by atoms with Crippen LogP contribution in [-0.4, -0.2) is 44.6 Å². The molecule has 0 aliphatic rings. The summed E-state index contributed by atoms with van der Waals surface area (Å²) in [7, 11) is 4.20. The lowest BCUT2D eigenvalue weighted by atomic mass is 10.3. The lowest BCUT2D eigenvalue weighted by molar-refractivity contribution is 0.382. The van der Waals surface area contributed by atoms with Gasteiger partial charge >= 0.3 is 0 Å². The average Bonchev–Trinajstić information content (AvgIpc) is 3.15. The van der Waals surface area contributed by atoms with Crippen LogP contribution in [0.1, 0.15) is 5.82 Å². The summed E-state index contributed by atoms with van der Waals surface area (Å²) >= 11 is 0. The second-order valence-corrected chi connectivity index (χ2v) is 6.33. The Hall–Kier alpha value is -2.66. The van der Waals surface area contributed by atoms with Gasteiger partial charge in [-0.3, -0.25) is 0 Å². The molecule has 122 valence electrons. The molecule has 5 heteroatoms. The van der Waals surface area contributed by atoms with Gasteiger partial charge in [-0.2, -0.15) is 0 Å². The van der Waals surface area contributed by atoms with E-state index in [9.17, 15) is 0 Å². The number of imidazole rings is 1. The lowest BCUT2D eigenvalue weighted by Crippen LogP contribution is -2.20. The SMILES string of the molecule is CN(C)CCn1c(Cn2ccc3cccnc32)nc2ccccc21. The van der Waals surface area contributed by atoms with Gasteiger partial charge in [0, 0.05) is 30.9 Å². The number of hydrogen-bond donors (Lipinski definition) is 0. The first-order chi connectivity index (χ1) is 11.7. The second-order valence-electron chi connectivity index (χ2n) is 6.33. The first-order valence-electron chi connectivity index (χ1n) is 8.21. The molecule has 1 aromatic carbocycles. The molecule has 0 saturated heterocycles. The van der Waals surface area contributed by atoms with E-state index >= 15 is 0 Å². The molecule has 0 N–H and O–H groups in total. The summed E-state index contributed by atoms with van der Waals surface area (Å²) in [5.41, 5.74) is 3.25. The molecule has 0 aliphatic carbocycles. The highest BCUT2D eigenvalue weighted by atomic mass is 15.2. The molecule has 0 saturated carbocycles. The highest BCUT2D eigenvalue weighted by molar-refractivity contribution is 5.77. The van der Waals surface area contributed by atoms with Crippen LogP contribution in [0.5, 0.6) is 0 Å². The van der Waals surface area contributed by atoms with Gasteiger partial charge < -0.3 is 14.0 Å². The van der Waals surface area contributed by atoms with E-state index in [1.165, 1.54) is 5.52 Å². The smallest absolute Gasteiger partial charge is 0.140 e. The number of nitrogens with zero attached hydrogens (tertiary/aromatic N) is 5. The van der Waals surface area contributed by atoms with Crippen LogP contribution in [0.3, 0.4) is 0 Å². The third kappa shape index (κ3) is 2.67. The van der Waals surface area contributed by atoms with Crippen molar-refractivity contribution in [2.45, 2.75) is 13.1 Å². The van der Waals surface area contributed by atoms with Crippen LogP contribution in [0, 0.1) is 0 Å². The normalized spacial score (nSPS) is 11.8. The first kappa shape index (κ1) is 14.9. The Morgan fingerprint density at radius 1 is 1.04 bits per heavy atom. The minimum Gasteiger partial charge on any atom is -0.325 e.